The lowest BCUT2D eigenvalue weighted by atomic mass is 9.89. The summed E-state index contributed by atoms with van der Waals surface area (Å²) in [4.78, 5) is 41.0. The first-order valence-corrected chi connectivity index (χ1v) is 9.95. The molecule has 1 aromatic carbocycles. The molecular formula is C20H25FN4O3. The van der Waals surface area contributed by atoms with Gasteiger partial charge in [-0.05, 0) is 49.4 Å². The van der Waals surface area contributed by atoms with E-state index in [1.165, 1.54) is 18.2 Å². The maximum absolute atomic E-state index is 13.6. The minimum atomic E-state index is -0.691. The van der Waals surface area contributed by atoms with Crippen LogP contribution in [0.5, 0.6) is 0 Å². The molecule has 7 nitrogen and oxygen atoms in total. The second-order valence-corrected chi connectivity index (χ2v) is 7.78. The van der Waals surface area contributed by atoms with Gasteiger partial charge in [-0.1, -0.05) is 0 Å². The Bertz CT molecular complexity index is 786. The number of likely N-dealkylation sites (tertiary alicyclic amines) is 2. The van der Waals surface area contributed by atoms with E-state index < -0.39 is 11.7 Å². The number of hydrogen-bond donors (Lipinski definition) is 2. The predicted molar refractivity (Wildman–Crippen MR) is 101 cm³/mol. The van der Waals surface area contributed by atoms with Crippen LogP contribution in [-0.4, -0.2) is 59.9 Å². The van der Waals surface area contributed by atoms with Gasteiger partial charge in [0.2, 0.25) is 11.8 Å². The number of amides is 4. The van der Waals surface area contributed by atoms with Gasteiger partial charge in [-0.2, -0.15) is 0 Å². The zero-order chi connectivity index (χ0) is 19.7. The number of hydrogen-bond acceptors (Lipinski definition) is 3. The fourth-order valence-electron chi connectivity index (χ4n) is 4.29. The van der Waals surface area contributed by atoms with E-state index in [1.54, 1.807) is 0 Å². The third kappa shape index (κ3) is 3.81. The molecule has 2 fully saturated rings. The molecule has 28 heavy (non-hydrogen) atoms. The van der Waals surface area contributed by atoms with Crippen molar-refractivity contribution in [2.75, 3.05) is 31.5 Å². The summed E-state index contributed by atoms with van der Waals surface area (Å²) < 4.78 is 13.6. The summed E-state index contributed by atoms with van der Waals surface area (Å²) in [7, 11) is 0. The SMILES string of the molecule is O=C1CC(C(=O)NC2CCN(C(=O)N3CCCC3)CC2)c2cc(F)ccc2N1. The highest BCUT2D eigenvalue weighted by molar-refractivity contribution is 6.01. The third-order valence-electron chi connectivity index (χ3n) is 5.86. The first-order valence-electron chi connectivity index (χ1n) is 9.95. The molecule has 2 N–H and O–H groups in total. The Morgan fingerprint density at radius 1 is 1.07 bits per heavy atom. The number of carbonyl (C=O) groups excluding carboxylic acids is 3. The molecule has 2 saturated heterocycles. The number of nitrogens with one attached hydrogen (secondary N) is 2. The Kier molecular flexibility index (Phi) is 5.19. The summed E-state index contributed by atoms with van der Waals surface area (Å²) >= 11 is 0. The molecule has 1 atom stereocenters. The first kappa shape index (κ1) is 18.7. The number of halogens is 1. The van der Waals surface area contributed by atoms with Crippen LogP contribution in [0.25, 0.3) is 0 Å². The maximum Gasteiger partial charge on any atom is 0.319 e. The minimum absolute atomic E-state index is 0.00851. The van der Waals surface area contributed by atoms with Crippen LogP contribution in [0.4, 0.5) is 14.9 Å². The van der Waals surface area contributed by atoms with Crippen LogP contribution in [0.3, 0.4) is 0 Å². The van der Waals surface area contributed by atoms with Crippen LogP contribution in [0.2, 0.25) is 0 Å². The van der Waals surface area contributed by atoms with Gasteiger partial charge in [0.1, 0.15) is 5.82 Å². The topological polar surface area (TPSA) is 81.8 Å². The molecule has 1 unspecified atom stereocenters. The molecule has 4 amide bonds. The van der Waals surface area contributed by atoms with E-state index in [1.807, 2.05) is 9.80 Å². The molecule has 4 rings (SSSR count). The van der Waals surface area contributed by atoms with Gasteiger partial charge in [-0.15, -0.1) is 0 Å². The molecule has 8 heteroatoms. The Morgan fingerprint density at radius 2 is 1.75 bits per heavy atom. The number of carbonyl (C=O) groups is 3. The van der Waals surface area contributed by atoms with Gasteiger partial charge >= 0.3 is 6.03 Å². The van der Waals surface area contributed by atoms with E-state index in [0.29, 0.717) is 37.2 Å². The highest BCUT2D eigenvalue weighted by atomic mass is 19.1. The molecular weight excluding hydrogens is 363 g/mol. The second-order valence-electron chi connectivity index (χ2n) is 7.78. The molecule has 3 heterocycles. The van der Waals surface area contributed by atoms with Crippen molar-refractivity contribution >= 4 is 23.5 Å². The highest BCUT2D eigenvalue weighted by Crippen LogP contribution is 2.33. The fraction of sp³-hybridized carbons (Fsp3) is 0.550. The lowest BCUT2D eigenvalue weighted by molar-refractivity contribution is -0.127. The van der Waals surface area contributed by atoms with Gasteiger partial charge in [-0.3, -0.25) is 9.59 Å². The van der Waals surface area contributed by atoms with Crippen molar-refractivity contribution in [1.82, 2.24) is 15.1 Å². The lowest BCUT2D eigenvalue weighted by Gasteiger charge is -2.35. The van der Waals surface area contributed by atoms with Crippen LogP contribution in [0.15, 0.2) is 18.2 Å². The molecule has 150 valence electrons. The molecule has 1 aromatic rings. The number of nitrogens with zero attached hydrogens (tertiary/aromatic N) is 2. The van der Waals surface area contributed by atoms with Gasteiger partial charge < -0.3 is 20.4 Å². The second kappa shape index (κ2) is 7.77. The van der Waals surface area contributed by atoms with E-state index in [0.717, 1.165) is 25.9 Å². The molecule has 3 aliphatic rings. The van der Waals surface area contributed by atoms with Crippen LogP contribution in [0.1, 0.15) is 43.6 Å². The predicted octanol–water partition coefficient (Wildman–Crippen LogP) is 2.05. The van der Waals surface area contributed by atoms with Crippen molar-refractivity contribution in [2.24, 2.45) is 0 Å². The van der Waals surface area contributed by atoms with Crippen LogP contribution < -0.4 is 10.6 Å². The van der Waals surface area contributed by atoms with Crippen LogP contribution >= 0.6 is 0 Å². The largest absolute Gasteiger partial charge is 0.353 e. The monoisotopic (exact) mass is 388 g/mol. The molecule has 0 radical (unpaired) electrons. The van der Waals surface area contributed by atoms with E-state index in [-0.39, 0.29) is 30.3 Å². The number of rotatable bonds is 2. The molecule has 0 aliphatic carbocycles. The zero-order valence-electron chi connectivity index (χ0n) is 15.7. The summed E-state index contributed by atoms with van der Waals surface area (Å²) in [5.74, 6) is -1.62. The van der Waals surface area contributed by atoms with E-state index >= 15 is 0 Å². The van der Waals surface area contributed by atoms with Crippen LogP contribution in [-0.2, 0) is 9.59 Å². The summed E-state index contributed by atoms with van der Waals surface area (Å²) in [5.41, 5.74) is 1.00. The lowest BCUT2D eigenvalue weighted by Crippen LogP contribution is -2.50. The molecule has 3 aliphatic heterocycles. The summed E-state index contributed by atoms with van der Waals surface area (Å²) in [6, 6.07) is 4.13. The van der Waals surface area contributed by atoms with E-state index in [4.69, 9.17) is 0 Å². The van der Waals surface area contributed by atoms with Crippen LogP contribution in [0, 0.1) is 5.82 Å². The minimum Gasteiger partial charge on any atom is -0.353 e. The first-order chi connectivity index (χ1) is 13.5. The Morgan fingerprint density at radius 3 is 2.46 bits per heavy atom. The summed E-state index contributed by atoms with van der Waals surface area (Å²) in [5, 5.41) is 5.69. The van der Waals surface area contributed by atoms with Crippen molar-refractivity contribution in [3.05, 3.63) is 29.6 Å². The zero-order valence-corrected chi connectivity index (χ0v) is 15.7. The highest BCUT2D eigenvalue weighted by Gasteiger charge is 2.33. The Hall–Kier alpha value is -2.64. The molecule has 0 saturated carbocycles. The number of anilines is 1. The quantitative estimate of drug-likeness (QED) is 0.814. The van der Waals surface area contributed by atoms with Crippen molar-refractivity contribution in [2.45, 2.75) is 44.1 Å². The van der Waals surface area contributed by atoms with Crippen molar-refractivity contribution < 1.29 is 18.8 Å². The molecule has 0 bridgehead atoms. The third-order valence-corrected chi connectivity index (χ3v) is 5.86. The van der Waals surface area contributed by atoms with Gasteiger partial charge in [0.15, 0.2) is 0 Å². The fourth-order valence-corrected chi connectivity index (χ4v) is 4.29. The Labute approximate surface area is 163 Å². The number of urea groups is 1. The van der Waals surface area contributed by atoms with Crippen molar-refractivity contribution in [1.29, 1.82) is 0 Å². The number of fused-ring (bicyclic) bond motifs is 1. The van der Waals surface area contributed by atoms with Gasteiger partial charge in [0, 0.05) is 44.3 Å². The standard InChI is InChI=1S/C20H25FN4O3/c21-13-3-4-17-15(11-13)16(12-18(26)23-17)19(27)22-14-5-9-25(10-6-14)20(28)24-7-1-2-8-24/h3-4,11,14,16H,1-2,5-10,12H2,(H,22,27)(H,23,26). The summed E-state index contributed by atoms with van der Waals surface area (Å²) in [6.45, 7) is 2.87. The van der Waals surface area contributed by atoms with Gasteiger partial charge in [0.25, 0.3) is 0 Å². The van der Waals surface area contributed by atoms with E-state index in [2.05, 4.69) is 10.6 Å². The Balaban J connectivity index is 1.35. The maximum atomic E-state index is 13.6. The molecule has 0 spiro atoms. The number of benzene rings is 1. The summed E-state index contributed by atoms with van der Waals surface area (Å²) in [6.07, 6.45) is 3.50. The van der Waals surface area contributed by atoms with E-state index in [9.17, 15) is 18.8 Å². The van der Waals surface area contributed by atoms with Gasteiger partial charge in [0.05, 0.1) is 5.92 Å². The number of piperidine rings is 1. The average molecular weight is 388 g/mol. The van der Waals surface area contributed by atoms with Crippen molar-refractivity contribution in [3.8, 4) is 0 Å². The van der Waals surface area contributed by atoms with Gasteiger partial charge in [-0.25, -0.2) is 9.18 Å². The van der Waals surface area contributed by atoms with Crippen molar-refractivity contribution in [3.63, 3.8) is 0 Å². The average Bonchev–Trinajstić information content (AvgIpc) is 3.22. The molecule has 0 aromatic heterocycles. The normalized spacial score (nSPS) is 22.6. The smallest absolute Gasteiger partial charge is 0.319 e.